The molecule has 0 amide bonds. The summed E-state index contributed by atoms with van der Waals surface area (Å²) in [4.78, 5) is 10.5. The first kappa shape index (κ1) is 11.8. The van der Waals surface area contributed by atoms with Gasteiger partial charge in [0.05, 0.1) is 5.56 Å². The number of ether oxygens (including phenoxy) is 1. The van der Waals surface area contributed by atoms with Gasteiger partial charge in [0, 0.05) is 12.8 Å². The molecule has 1 aromatic rings. The molecule has 0 bridgehead atoms. The van der Waals surface area contributed by atoms with Crippen molar-refractivity contribution in [3.05, 3.63) is 29.6 Å². The van der Waals surface area contributed by atoms with Gasteiger partial charge < -0.3 is 9.84 Å². The van der Waals surface area contributed by atoms with Gasteiger partial charge in [0.25, 0.3) is 5.92 Å². The van der Waals surface area contributed by atoms with E-state index in [2.05, 4.69) is 0 Å². The molecule has 0 heterocycles. The maximum Gasteiger partial charge on any atom is 0.335 e. The number of carbonyl (C=O) groups is 1. The number of hydrogen-bond donors (Lipinski definition) is 1. The van der Waals surface area contributed by atoms with E-state index in [-0.39, 0.29) is 11.3 Å². The molecule has 0 aliphatic heterocycles. The number of carboxylic acids is 1. The quantitative estimate of drug-likeness (QED) is 0.891. The van der Waals surface area contributed by atoms with E-state index in [1.54, 1.807) is 0 Å². The average Bonchev–Trinajstić information content (AvgIpc) is 2.17. The largest absolute Gasteiger partial charge is 0.487 e. The molecule has 1 N–H and O–H groups in total. The average molecular weight is 246 g/mol. The third-order valence-electron chi connectivity index (χ3n) is 2.53. The Morgan fingerprint density at radius 2 is 2.06 bits per heavy atom. The Labute approximate surface area is 94.8 Å². The zero-order valence-corrected chi connectivity index (χ0v) is 8.62. The van der Waals surface area contributed by atoms with Crippen LogP contribution in [0.1, 0.15) is 23.2 Å². The van der Waals surface area contributed by atoms with Crippen LogP contribution in [0, 0.1) is 5.82 Å². The number of benzene rings is 1. The number of rotatable bonds is 3. The van der Waals surface area contributed by atoms with E-state index in [4.69, 9.17) is 9.84 Å². The van der Waals surface area contributed by atoms with Gasteiger partial charge in [-0.2, -0.15) is 0 Å². The molecule has 2 rings (SSSR count). The van der Waals surface area contributed by atoms with E-state index in [9.17, 15) is 18.0 Å². The first-order valence-electron chi connectivity index (χ1n) is 4.95. The Bertz CT molecular complexity index is 451. The fraction of sp³-hybridized carbons (Fsp3) is 0.364. The van der Waals surface area contributed by atoms with Gasteiger partial charge in [-0.05, 0) is 18.2 Å². The number of carboxylic acid groups (broad SMARTS) is 1. The summed E-state index contributed by atoms with van der Waals surface area (Å²) in [6.45, 7) is 0. The SMILES string of the molecule is O=C(O)c1ccc(OC2CC(F)(F)C2)c(F)c1. The van der Waals surface area contributed by atoms with Crippen molar-refractivity contribution in [2.75, 3.05) is 0 Å². The van der Waals surface area contributed by atoms with Gasteiger partial charge in [0.1, 0.15) is 6.10 Å². The van der Waals surface area contributed by atoms with Crippen LogP contribution in [0.3, 0.4) is 0 Å². The molecule has 0 atom stereocenters. The Kier molecular flexibility index (Phi) is 2.73. The third kappa shape index (κ3) is 2.51. The van der Waals surface area contributed by atoms with Gasteiger partial charge in [-0.3, -0.25) is 0 Å². The van der Waals surface area contributed by atoms with Crippen molar-refractivity contribution in [2.45, 2.75) is 24.9 Å². The first-order chi connectivity index (χ1) is 7.87. The summed E-state index contributed by atoms with van der Waals surface area (Å²) in [6.07, 6.45) is -1.59. The maximum atomic E-state index is 13.3. The highest BCUT2D eigenvalue weighted by Crippen LogP contribution is 2.40. The topological polar surface area (TPSA) is 46.5 Å². The van der Waals surface area contributed by atoms with Gasteiger partial charge in [-0.15, -0.1) is 0 Å². The molecule has 0 unspecified atom stereocenters. The van der Waals surface area contributed by atoms with Crippen LogP contribution >= 0.6 is 0 Å². The molecule has 3 nitrogen and oxygen atoms in total. The second kappa shape index (κ2) is 3.94. The highest BCUT2D eigenvalue weighted by atomic mass is 19.3. The second-order valence-corrected chi connectivity index (χ2v) is 3.95. The van der Waals surface area contributed by atoms with Crippen molar-refractivity contribution in [3.63, 3.8) is 0 Å². The molecule has 1 saturated carbocycles. The van der Waals surface area contributed by atoms with Crippen LogP contribution < -0.4 is 4.74 Å². The number of alkyl halides is 2. The molecule has 0 aromatic heterocycles. The summed E-state index contributed by atoms with van der Waals surface area (Å²) >= 11 is 0. The van der Waals surface area contributed by atoms with Crippen LogP contribution in [0.4, 0.5) is 13.2 Å². The summed E-state index contributed by atoms with van der Waals surface area (Å²) in [5.74, 6) is -5.05. The van der Waals surface area contributed by atoms with E-state index in [0.717, 1.165) is 18.2 Å². The minimum absolute atomic E-state index is 0.199. The van der Waals surface area contributed by atoms with Crippen molar-refractivity contribution in [3.8, 4) is 5.75 Å². The van der Waals surface area contributed by atoms with Gasteiger partial charge in [0.15, 0.2) is 11.6 Å². The molecule has 0 saturated heterocycles. The zero-order chi connectivity index (χ0) is 12.6. The number of hydrogen-bond acceptors (Lipinski definition) is 2. The maximum absolute atomic E-state index is 13.3. The molecule has 0 spiro atoms. The fourth-order valence-corrected chi connectivity index (χ4v) is 1.60. The van der Waals surface area contributed by atoms with E-state index in [0.29, 0.717) is 0 Å². The van der Waals surface area contributed by atoms with Gasteiger partial charge >= 0.3 is 5.97 Å². The molecule has 1 aromatic carbocycles. The van der Waals surface area contributed by atoms with Crippen molar-refractivity contribution in [2.24, 2.45) is 0 Å². The third-order valence-corrected chi connectivity index (χ3v) is 2.53. The molecule has 1 aliphatic carbocycles. The normalized spacial score (nSPS) is 18.5. The van der Waals surface area contributed by atoms with Crippen LogP contribution in [0.25, 0.3) is 0 Å². The lowest BCUT2D eigenvalue weighted by atomic mass is 9.91. The van der Waals surface area contributed by atoms with Crippen LogP contribution in [0.5, 0.6) is 5.75 Å². The highest BCUT2D eigenvalue weighted by molar-refractivity contribution is 5.87. The molecular formula is C11H9F3O3. The fourth-order valence-electron chi connectivity index (χ4n) is 1.60. The van der Waals surface area contributed by atoms with Crippen molar-refractivity contribution < 1.29 is 27.8 Å². The van der Waals surface area contributed by atoms with Crippen LogP contribution in [-0.2, 0) is 0 Å². The van der Waals surface area contributed by atoms with E-state index < -0.39 is 36.7 Å². The molecule has 0 radical (unpaired) electrons. The van der Waals surface area contributed by atoms with Crippen LogP contribution in [-0.4, -0.2) is 23.1 Å². The molecule has 6 heteroatoms. The lowest BCUT2D eigenvalue weighted by Gasteiger charge is -2.34. The molecule has 17 heavy (non-hydrogen) atoms. The monoisotopic (exact) mass is 246 g/mol. The van der Waals surface area contributed by atoms with E-state index in [1.807, 2.05) is 0 Å². The van der Waals surface area contributed by atoms with Crippen LogP contribution in [0.15, 0.2) is 18.2 Å². The lowest BCUT2D eigenvalue weighted by molar-refractivity contribution is -0.135. The standard InChI is InChI=1S/C11H9F3O3/c12-8-3-6(10(15)16)1-2-9(8)17-7-4-11(13,14)5-7/h1-3,7H,4-5H2,(H,15,16). The van der Waals surface area contributed by atoms with Gasteiger partial charge in [-0.25, -0.2) is 18.0 Å². The zero-order valence-electron chi connectivity index (χ0n) is 8.62. The Balaban J connectivity index is 2.05. The van der Waals surface area contributed by atoms with E-state index >= 15 is 0 Å². The Morgan fingerprint density at radius 1 is 1.41 bits per heavy atom. The van der Waals surface area contributed by atoms with E-state index in [1.165, 1.54) is 0 Å². The Morgan fingerprint density at radius 3 is 2.53 bits per heavy atom. The summed E-state index contributed by atoms with van der Waals surface area (Å²) < 4.78 is 43.4. The Hall–Kier alpha value is -1.72. The lowest BCUT2D eigenvalue weighted by Crippen LogP contribution is -2.43. The minimum Gasteiger partial charge on any atom is -0.487 e. The van der Waals surface area contributed by atoms with Crippen molar-refractivity contribution in [1.82, 2.24) is 0 Å². The molecular weight excluding hydrogens is 237 g/mol. The van der Waals surface area contributed by atoms with Gasteiger partial charge in [-0.1, -0.05) is 0 Å². The molecule has 1 aliphatic rings. The van der Waals surface area contributed by atoms with Crippen molar-refractivity contribution >= 4 is 5.97 Å². The highest BCUT2D eigenvalue weighted by Gasteiger charge is 2.47. The predicted octanol–water partition coefficient (Wildman–Crippen LogP) is 2.70. The predicted molar refractivity (Wildman–Crippen MR) is 52.0 cm³/mol. The first-order valence-corrected chi connectivity index (χ1v) is 4.95. The minimum atomic E-state index is -2.73. The molecule has 1 fully saturated rings. The van der Waals surface area contributed by atoms with Crippen molar-refractivity contribution in [1.29, 1.82) is 0 Å². The molecule has 92 valence electrons. The summed E-state index contributed by atoms with van der Waals surface area (Å²) in [5, 5.41) is 8.60. The summed E-state index contributed by atoms with van der Waals surface area (Å²) in [5.41, 5.74) is -0.214. The number of halogens is 3. The second-order valence-electron chi connectivity index (χ2n) is 3.95. The summed E-state index contributed by atoms with van der Waals surface area (Å²) in [6, 6.07) is 3.10. The van der Waals surface area contributed by atoms with Crippen LogP contribution in [0.2, 0.25) is 0 Å². The smallest absolute Gasteiger partial charge is 0.335 e. The number of aromatic carboxylic acids is 1. The summed E-state index contributed by atoms with van der Waals surface area (Å²) in [7, 11) is 0. The van der Waals surface area contributed by atoms with Gasteiger partial charge in [0.2, 0.25) is 0 Å².